The molecule has 0 radical (unpaired) electrons. The number of imidazole rings is 1. The number of fused-ring (bicyclic) bond motifs is 1. The van der Waals surface area contributed by atoms with Gasteiger partial charge in [0.1, 0.15) is 6.29 Å². The first-order chi connectivity index (χ1) is 16.1. The van der Waals surface area contributed by atoms with Gasteiger partial charge in [-0.25, -0.2) is 15.0 Å². The lowest BCUT2D eigenvalue weighted by atomic mass is 10.0. The number of nitrogens with zero attached hydrogens (tertiary/aromatic N) is 6. The lowest BCUT2D eigenvalue weighted by Crippen LogP contribution is -2.00. The Kier molecular flexibility index (Phi) is 5.27. The van der Waals surface area contributed by atoms with Gasteiger partial charge in [0.25, 0.3) is 11.8 Å². The fraction of sp³-hybridized carbons (Fsp3) is 0.0909. The van der Waals surface area contributed by atoms with Crippen LogP contribution in [-0.4, -0.2) is 36.0 Å². The molecule has 0 atom stereocenters. The number of anilines is 2. The largest absolute Gasteiger partial charge is 0.415 e. The van der Waals surface area contributed by atoms with E-state index in [0.717, 1.165) is 28.4 Å². The van der Waals surface area contributed by atoms with Crippen LogP contribution in [0.5, 0.6) is 0 Å². The molecular weight excluding hydrogens is 432 g/mol. The third-order valence-electron chi connectivity index (χ3n) is 4.86. The number of halogens is 2. The maximum Gasteiger partial charge on any atom is 0.314 e. The molecule has 0 saturated heterocycles. The molecule has 0 spiro atoms. The van der Waals surface area contributed by atoms with E-state index in [0.29, 0.717) is 11.3 Å². The molecule has 2 aromatic carbocycles. The van der Waals surface area contributed by atoms with Gasteiger partial charge in [0.05, 0.1) is 29.5 Å². The van der Waals surface area contributed by atoms with Crippen LogP contribution in [0, 0.1) is 0 Å². The predicted molar refractivity (Wildman–Crippen MR) is 115 cm³/mol. The summed E-state index contributed by atoms with van der Waals surface area (Å²) in [4.78, 5) is 24.0. The van der Waals surface area contributed by atoms with Gasteiger partial charge in [0, 0.05) is 23.6 Å². The van der Waals surface area contributed by atoms with E-state index < -0.39 is 12.3 Å². The Bertz CT molecular complexity index is 1420. The normalized spacial score (nSPS) is 11.2. The van der Waals surface area contributed by atoms with Crippen LogP contribution in [0.15, 0.2) is 65.6 Å². The summed E-state index contributed by atoms with van der Waals surface area (Å²) in [7, 11) is 0. The third kappa shape index (κ3) is 4.03. The average molecular weight is 447 g/mol. The molecule has 9 nitrogen and oxygen atoms in total. The Morgan fingerprint density at radius 3 is 2.52 bits per heavy atom. The SMILES string of the molecule is O=CCn1cnc2c(-c3ccccc3)cc(Nc3ncc(-c4nnc(C(F)F)o4)cn3)cc21. The highest BCUT2D eigenvalue weighted by Crippen LogP contribution is 2.32. The highest BCUT2D eigenvalue weighted by molar-refractivity contribution is 5.95. The molecule has 33 heavy (non-hydrogen) atoms. The van der Waals surface area contributed by atoms with Crippen molar-refractivity contribution in [2.24, 2.45) is 0 Å². The Morgan fingerprint density at radius 2 is 1.82 bits per heavy atom. The van der Waals surface area contributed by atoms with Crippen molar-refractivity contribution in [2.75, 3.05) is 5.32 Å². The fourth-order valence-electron chi connectivity index (χ4n) is 3.37. The van der Waals surface area contributed by atoms with Gasteiger partial charge in [-0.3, -0.25) is 0 Å². The minimum absolute atomic E-state index is 0.0950. The number of aromatic nitrogens is 6. The highest BCUT2D eigenvalue weighted by Gasteiger charge is 2.18. The zero-order valence-corrected chi connectivity index (χ0v) is 16.9. The summed E-state index contributed by atoms with van der Waals surface area (Å²) >= 11 is 0. The number of carbonyl (C=O) groups excluding carboxylic acids is 1. The van der Waals surface area contributed by atoms with Crippen LogP contribution >= 0.6 is 0 Å². The van der Waals surface area contributed by atoms with Crippen molar-refractivity contribution in [1.29, 1.82) is 0 Å². The molecule has 3 heterocycles. The molecule has 164 valence electrons. The van der Waals surface area contributed by atoms with Gasteiger partial charge in [-0.05, 0) is 17.7 Å². The lowest BCUT2D eigenvalue weighted by molar-refractivity contribution is -0.108. The zero-order chi connectivity index (χ0) is 22.8. The Morgan fingerprint density at radius 1 is 1.03 bits per heavy atom. The number of benzene rings is 2. The average Bonchev–Trinajstić information content (AvgIpc) is 3.48. The van der Waals surface area contributed by atoms with E-state index in [1.165, 1.54) is 12.4 Å². The van der Waals surface area contributed by atoms with Crippen LogP contribution in [0.2, 0.25) is 0 Å². The van der Waals surface area contributed by atoms with Crippen LogP contribution in [0.3, 0.4) is 0 Å². The van der Waals surface area contributed by atoms with E-state index in [-0.39, 0.29) is 18.4 Å². The zero-order valence-electron chi connectivity index (χ0n) is 16.9. The second-order valence-corrected chi connectivity index (χ2v) is 6.99. The number of alkyl halides is 2. The van der Waals surface area contributed by atoms with Gasteiger partial charge in [0.15, 0.2) is 0 Å². The number of aldehydes is 1. The summed E-state index contributed by atoms with van der Waals surface area (Å²) in [5.41, 5.74) is 4.36. The molecule has 1 N–H and O–H groups in total. The van der Waals surface area contributed by atoms with Gasteiger partial charge in [-0.1, -0.05) is 30.3 Å². The molecule has 0 amide bonds. The van der Waals surface area contributed by atoms with E-state index in [1.807, 2.05) is 42.5 Å². The number of nitrogens with one attached hydrogen (secondary N) is 1. The first-order valence-corrected chi connectivity index (χ1v) is 9.81. The number of hydrogen-bond donors (Lipinski definition) is 1. The van der Waals surface area contributed by atoms with Crippen molar-refractivity contribution < 1.29 is 18.0 Å². The molecule has 5 rings (SSSR count). The molecule has 0 saturated carbocycles. The molecule has 0 aliphatic heterocycles. The van der Waals surface area contributed by atoms with Crippen LogP contribution < -0.4 is 5.32 Å². The van der Waals surface area contributed by atoms with Crippen LogP contribution in [0.4, 0.5) is 20.4 Å². The standard InChI is InChI=1S/C22H15F2N7O2/c23-19(24)21-30-29-20(33-21)14-10-25-22(26-11-14)28-15-8-16(13-4-2-1-3-5-13)18-17(9-15)31(6-7-32)12-27-18/h1-5,7-12,19H,6H2,(H,25,26,28). The van der Waals surface area contributed by atoms with Crippen molar-refractivity contribution in [3.63, 3.8) is 0 Å². The smallest absolute Gasteiger partial charge is 0.314 e. The van der Waals surface area contributed by atoms with Gasteiger partial charge >= 0.3 is 6.43 Å². The van der Waals surface area contributed by atoms with E-state index in [1.54, 1.807) is 10.9 Å². The second-order valence-electron chi connectivity index (χ2n) is 6.99. The molecular formula is C22H15F2N7O2. The molecule has 0 fully saturated rings. The van der Waals surface area contributed by atoms with Gasteiger partial charge in [0.2, 0.25) is 5.95 Å². The van der Waals surface area contributed by atoms with Crippen LogP contribution in [0.1, 0.15) is 12.3 Å². The van der Waals surface area contributed by atoms with Crippen LogP contribution in [-0.2, 0) is 11.3 Å². The summed E-state index contributed by atoms with van der Waals surface area (Å²) in [6.07, 6.45) is 2.37. The van der Waals surface area contributed by atoms with E-state index in [2.05, 4.69) is 30.5 Å². The maximum atomic E-state index is 12.7. The summed E-state index contributed by atoms with van der Waals surface area (Å²) in [5.74, 6) is -0.588. The van der Waals surface area contributed by atoms with Crippen molar-refractivity contribution in [3.8, 4) is 22.6 Å². The molecule has 3 aromatic heterocycles. The molecule has 0 aliphatic rings. The van der Waals surface area contributed by atoms with Gasteiger partial charge < -0.3 is 19.1 Å². The third-order valence-corrected chi connectivity index (χ3v) is 4.86. The van der Waals surface area contributed by atoms with Gasteiger partial charge in [-0.2, -0.15) is 8.78 Å². The number of carbonyl (C=O) groups is 1. The molecule has 5 aromatic rings. The molecule has 0 bridgehead atoms. The minimum Gasteiger partial charge on any atom is -0.415 e. The molecule has 11 heteroatoms. The van der Waals surface area contributed by atoms with Crippen molar-refractivity contribution in [1.82, 2.24) is 29.7 Å². The molecule has 0 unspecified atom stereocenters. The fourth-order valence-corrected chi connectivity index (χ4v) is 3.37. The quantitative estimate of drug-likeness (QED) is 0.365. The number of hydrogen-bond acceptors (Lipinski definition) is 8. The van der Waals surface area contributed by atoms with Crippen molar-refractivity contribution in [2.45, 2.75) is 13.0 Å². The Hall–Kier alpha value is -4.54. The summed E-state index contributed by atoms with van der Waals surface area (Å²) < 4.78 is 32.0. The first kappa shape index (κ1) is 20.4. The van der Waals surface area contributed by atoms with Crippen molar-refractivity contribution >= 4 is 29.0 Å². The monoisotopic (exact) mass is 447 g/mol. The van der Waals surface area contributed by atoms with E-state index in [9.17, 15) is 13.6 Å². The van der Waals surface area contributed by atoms with Crippen molar-refractivity contribution in [3.05, 3.63) is 67.1 Å². The predicted octanol–water partition coefficient (Wildman–Crippen LogP) is 4.42. The van der Waals surface area contributed by atoms with Crippen LogP contribution in [0.25, 0.3) is 33.6 Å². The molecule has 0 aliphatic carbocycles. The van der Waals surface area contributed by atoms with E-state index in [4.69, 9.17) is 4.42 Å². The minimum atomic E-state index is -2.85. The first-order valence-electron chi connectivity index (χ1n) is 9.81. The summed E-state index contributed by atoms with van der Waals surface area (Å²) in [6.45, 7) is 0.171. The topological polar surface area (TPSA) is 112 Å². The second kappa shape index (κ2) is 8.54. The lowest BCUT2D eigenvalue weighted by Gasteiger charge is -2.10. The van der Waals surface area contributed by atoms with Gasteiger partial charge in [-0.15, -0.1) is 10.2 Å². The maximum absolute atomic E-state index is 12.7. The highest BCUT2D eigenvalue weighted by atomic mass is 19.3. The Balaban J connectivity index is 1.49. The summed E-state index contributed by atoms with van der Waals surface area (Å²) in [6, 6.07) is 13.5. The number of rotatable bonds is 7. The van der Waals surface area contributed by atoms with E-state index >= 15 is 0 Å². The Labute approximate surface area is 185 Å². The summed E-state index contributed by atoms with van der Waals surface area (Å²) in [5, 5.41) is 10.0.